The number of hydrogen-bond donors (Lipinski definition) is 2. The number of anilines is 1. The zero-order valence-corrected chi connectivity index (χ0v) is 20.8. The SMILES string of the molecule is CN1CC(c2ccccc2)n2cc(C(=O)NCc3ccc(Cl)cc3)c(=O)c3cc(CCCO)cc1c32. The van der Waals surface area contributed by atoms with Crippen LogP contribution in [0, 0.1) is 0 Å². The molecule has 1 amide bonds. The fourth-order valence-electron chi connectivity index (χ4n) is 4.92. The molecule has 0 saturated heterocycles. The van der Waals surface area contributed by atoms with Crippen molar-refractivity contribution in [3.8, 4) is 0 Å². The molecule has 0 fully saturated rings. The van der Waals surface area contributed by atoms with E-state index in [0.29, 0.717) is 36.3 Å². The Morgan fingerprint density at radius 3 is 2.56 bits per heavy atom. The molecule has 0 saturated carbocycles. The minimum Gasteiger partial charge on any atom is -0.396 e. The summed E-state index contributed by atoms with van der Waals surface area (Å²) in [6.07, 6.45) is 2.97. The molecule has 3 aromatic carbocycles. The first kappa shape index (κ1) is 24.1. The van der Waals surface area contributed by atoms with Crippen molar-refractivity contribution in [2.45, 2.75) is 25.4 Å². The van der Waals surface area contributed by atoms with Crippen molar-refractivity contribution in [2.24, 2.45) is 0 Å². The van der Waals surface area contributed by atoms with E-state index in [9.17, 15) is 14.7 Å². The van der Waals surface area contributed by atoms with Gasteiger partial charge in [0.1, 0.15) is 5.56 Å². The first-order valence-electron chi connectivity index (χ1n) is 12.1. The molecular weight excluding hydrogens is 474 g/mol. The van der Waals surface area contributed by atoms with Crippen molar-refractivity contribution in [1.29, 1.82) is 0 Å². The molecule has 0 bridgehead atoms. The van der Waals surface area contributed by atoms with Crippen LogP contribution >= 0.6 is 11.6 Å². The minimum absolute atomic E-state index is 0.0575. The number of aromatic nitrogens is 1. The quantitative estimate of drug-likeness (QED) is 0.389. The zero-order chi connectivity index (χ0) is 25.2. The Morgan fingerprint density at radius 1 is 1.08 bits per heavy atom. The predicted octanol–water partition coefficient (Wildman–Crippen LogP) is 4.55. The number of halogens is 1. The fraction of sp³-hybridized carbons (Fsp3) is 0.241. The Balaban J connectivity index is 1.63. The highest BCUT2D eigenvalue weighted by molar-refractivity contribution is 6.30. The predicted molar refractivity (Wildman–Crippen MR) is 144 cm³/mol. The van der Waals surface area contributed by atoms with E-state index in [0.717, 1.165) is 27.9 Å². The highest BCUT2D eigenvalue weighted by atomic mass is 35.5. The van der Waals surface area contributed by atoms with Crippen LogP contribution in [0.4, 0.5) is 5.69 Å². The Hall–Kier alpha value is -3.61. The van der Waals surface area contributed by atoms with Crippen molar-refractivity contribution in [1.82, 2.24) is 9.88 Å². The number of aliphatic hydroxyl groups is 1. The molecular formula is C29H28ClN3O3. The number of rotatable bonds is 7. The summed E-state index contributed by atoms with van der Waals surface area (Å²) in [6, 6.07) is 21.3. The number of nitrogens with zero attached hydrogens (tertiary/aromatic N) is 2. The van der Waals surface area contributed by atoms with E-state index in [1.54, 1.807) is 18.3 Å². The Labute approximate surface area is 214 Å². The highest BCUT2D eigenvalue weighted by Gasteiger charge is 2.28. The van der Waals surface area contributed by atoms with Gasteiger partial charge in [-0.2, -0.15) is 0 Å². The number of likely N-dealkylation sites (N-methyl/N-ethyl adjacent to an activating group) is 1. The Bertz CT molecular complexity index is 1470. The lowest BCUT2D eigenvalue weighted by atomic mass is 9.97. The fourth-order valence-corrected chi connectivity index (χ4v) is 5.05. The van der Waals surface area contributed by atoms with Gasteiger partial charge in [-0.25, -0.2) is 0 Å². The van der Waals surface area contributed by atoms with E-state index in [1.165, 1.54) is 0 Å². The van der Waals surface area contributed by atoms with Crippen LogP contribution in [0.25, 0.3) is 10.9 Å². The van der Waals surface area contributed by atoms with Gasteiger partial charge in [-0.15, -0.1) is 0 Å². The molecule has 0 aliphatic carbocycles. The number of carbonyl (C=O) groups is 1. The van der Waals surface area contributed by atoms with Gasteiger partial charge in [0.25, 0.3) is 5.91 Å². The normalized spacial score (nSPS) is 14.8. The number of carbonyl (C=O) groups excluding carboxylic acids is 1. The van der Waals surface area contributed by atoms with Gasteiger partial charge in [-0.1, -0.05) is 54.1 Å². The average molecular weight is 502 g/mol. The van der Waals surface area contributed by atoms with Crippen LogP contribution in [0.1, 0.15) is 39.5 Å². The highest BCUT2D eigenvalue weighted by Crippen LogP contribution is 2.36. The minimum atomic E-state index is -0.409. The molecule has 6 nitrogen and oxygen atoms in total. The summed E-state index contributed by atoms with van der Waals surface area (Å²) in [5.41, 5.74) is 4.59. The summed E-state index contributed by atoms with van der Waals surface area (Å²) in [6.45, 7) is 1.07. The second-order valence-corrected chi connectivity index (χ2v) is 9.67. The van der Waals surface area contributed by atoms with E-state index in [-0.39, 0.29) is 23.6 Å². The first-order chi connectivity index (χ1) is 17.5. The van der Waals surface area contributed by atoms with Crippen LogP contribution in [0.5, 0.6) is 0 Å². The molecule has 1 atom stereocenters. The molecule has 4 aromatic rings. The van der Waals surface area contributed by atoms with E-state index in [1.807, 2.05) is 43.4 Å². The van der Waals surface area contributed by atoms with Crippen molar-refractivity contribution in [3.05, 3.63) is 110 Å². The lowest BCUT2D eigenvalue weighted by Gasteiger charge is -2.36. The van der Waals surface area contributed by atoms with E-state index in [2.05, 4.69) is 33.0 Å². The number of benzene rings is 3. The van der Waals surface area contributed by atoms with Gasteiger partial charge in [0.2, 0.25) is 5.43 Å². The number of amides is 1. The summed E-state index contributed by atoms with van der Waals surface area (Å²) in [5.74, 6) is -0.409. The van der Waals surface area contributed by atoms with E-state index >= 15 is 0 Å². The van der Waals surface area contributed by atoms with E-state index < -0.39 is 5.91 Å². The lowest BCUT2D eigenvalue weighted by Crippen LogP contribution is -2.36. The van der Waals surface area contributed by atoms with Gasteiger partial charge >= 0.3 is 0 Å². The van der Waals surface area contributed by atoms with Crippen molar-refractivity contribution >= 4 is 34.1 Å². The molecule has 36 heavy (non-hydrogen) atoms. The maximum Gasteiger partial charge on any atom is 0.257 e. The molecule has 1 aromatic heterocycles. The smallest absolute Gasteiger partial charge is 0.257 e. The third-order valence-electron chi connectivity index (χ3n) is 6.78. The summed E-state index contributed by atoms with van der Waals surface area (Å²) in [7, 11) is 2.03. The number of aliphatic hydroxyl groups excluding tert-OH is 1. The third-order valence-corrected chi connectivity index (χ3v) is 7.03. The van der Waals surface area contributed by atoms with Gasteiger partial charge in [-0.05, 0) is 53.8 Å². The molecule has 184 valence electrons. The monoisotopic (exact) mass is 501 g/mol. The summed E-state index contributed by atoms with van der Waals surface area (Å²) < 4.78 is 2.08. The summed E-state index contributed by atoms with van der Waals surface area (Å²) in [5, 5.41) is 13.4. The van der Waals surface area contributed by atoms with Crippen LogP contribution in [-0.2, 0) is 13.0 Å². The lowest BCUT2D eigenvalue weighted by molar-refractivity contribution is 0.0949. The molecule has 5 rings (SSSR count). The van der Waals surface area contributed by atoms with Crippen LogP contribution in [0.3, 0.4) is 0 Å². The number of pyridine rings is 1. The average Bonchev–Trinajstić information content (AvgIpc) is 2.90. The summed E-state index contributed by atoms with van der Waals surface area (Å²) >= 11 is 5.97. The van der Waals surface area contributed by atoms with Crippen LogP contribution in [0.2, 0.25) is 5.02 Å². The molecule has 7 heteroatoms. The zero-order valence-electron chi connectivity index (χ0n) is 20.1. The topological polar surface area (TPSA) is 74.6 Å². The maximum atomic E-state index is 13.7. The van der Waals surface area contributed by atoms with Gasteiger partial charge in [0.15, 0.2) is 0 Å². The van der Waals surface area contributed by atoms with Crippen molar-refractivity contribution in [2.75, 3.05) is 25.1 Å². The van der Waals surface area contributed by atoms with Crippen LogP contribution in [-0.4, -0.2) is 35.8 Å². The molecule has 1 aliphatic rings. The van der Waals surface area contributed by atoms with Gasteiger partial charge in [0.05, 0.1) is 17.2 Å². The van der Waals surface area contributed by atoms with Crippen LogP contribution in [0.15, 0.2) is 77.7 Å². The number of nitrogens with one attached hydrogen (secondary N) is 1. The van der Waals surface area contributed by atoms with Gasteiger partial charge in [-0.3, -0.25) is 9.59 Å². The molecule has 1 aliphatic heterocycles. The number of hydrogen-bond acceptors (Lipinski definition) is 4. The van der Waals surface area contributed by atoms with Gasteiger partial charge in [0, 0.05) is 43.3 Å². The standard InChI is InChI=1S/C29H28ClN3O3/c1-32-18-26(21-7-3-2-4-8-21)33-17-24(29(36)31-16-19-9-11-22(30)12-10-19)28(35)23-14-20(6-5-13-34)15-25(32)27(23)33/h2-4,7-12,14-15,17,26,34H,5-6,13,16,18H2,1H3,(H,31,36). The third kappa shape index (κ3) is 4.62. The van der Waals surface area contributed by atoms with Crippen molar-refractivity contribution < 1.29 is 9.90 Å². The Kier molecular flexibility index (Phi) is 6.81. The molecule has 2 heterocycles. The second-order valence-electron chi connectivity index (χ2n) is 9.23. The molecule has 1 unspecified atom stereocenters. The van der Waals surface area contributed by atoms with Crippen molar-refractivity contribution in [3.63, 3.8) is 0 Å². The van der Waals surface area contributed by atoms with Gasteiger partial charge < -0.3 is 19.9 Å². The van der Waals surface area contributed by atoms with E-state index in [4.69, 9.17) is 11.6 Å². The Morgan fingerprint density at radius 2 is 1.83 bits per heavy atom. The largest absolute Gasteiger partial charge is 0.396 e. The number of aryl methyl sites for hydroxylation is 1. The van der Waals surface area contributed by atoms with Crippen LogP contribution < -0.4 is 15.6 Å². The maximum absolute atomic E-state index is 13.7. The molecule has 2 N–H and O–H groups in total. The first-order valence-corrected chi connectivity index (χ1v) is 12.5. The molecule has 0 spiro atoms. The second kappa shape index (κ2) is 10.2. The molecule has 0 radical (unpaired) electrons. The summed E-state index contributed by atoms with van der Waals surface area (Å²) in [4.78, 5) is 29.1.